The third-order valence-electron chi connectivity index (χ3n) is 4.31. The fourth-order valence-corrected chi connectivity index (χ4v) is 4.37. The van der Waals surface area contributed by atoms with Crippen LogP contribution in [-0.4, -0.2) is 32.2 Å². The van der Waals surface area contributed by atoms with Crippen molar-refractivity contribution in [2.75, 3.05) is 25.6 Å². The SMILES string of the molecule is CCOC(=O)c1c(NC(=O)COc2cccc(OC)c2)sc2c1CCCC2. The lowest BCUT2D eigenvalue weighted by molar-refractivity contribution is -0.118. The fourth-order valence-electron chi connectivity index (χ4n) is 3.08. The summed E-state index contributed by atoms with van der Waals surface area (Å²) in [5.74, 6) is 0.506. The summed E-state index contributed by atoms with van der Waals surface area (Å²) in [6.45, 7) is 1.92. The second-order valence-electron chi connectivity index (χ2n) is 6.15. The molecule has 1 aromatic carbocycles. The van der Waals surface area contributed by atoms with Crippen molar-refractivity contribution in [3.63, 3.8) is 0 Å². The van der Waals surface area contributed by atoms with Gasteiger partial charge in [-0.15, -0.1) is 11.3 Å². The van der Waals surface area contributed by atoms with Gasteiger partial charge >= 0.3 is 5.97 Å². The third-order valence-corrected chi connectivity index (χ3v) is 5.52. The van der Waals surface area contributed by atoms with E-state index in [1.165, 1.54) is 11.3 Å². The summed E-state index contributed by atoms with van der Waals surface area (Å²) in [6, 6.07) is 7.05. The number of thiophene rings is 1. The summed E-state index contributed by atoms with van der Waals surface area (Å²) >= 11 is 1.46. The highest BCUT2D eigenvalue weighted by Crippen LogP contribution is 2.38. The van der Waals surface area contributed by atoms with Crippen molar-refractivity contribution in [2.45, 2.75) is 32.6 Å². The maximum absolute atomic E-state index is 12.4. The first-order chi connectivity index (χ1) is 13.1. The zero-order valence-electron chi connectivity index (χ0n) is 15.5. The molecule has 1 aliphatic carbocycles. The standard InChI is InChI=1S/C20H23NO5S/c1-3-25-20(23)18-15-9-4-5-10-16(15)27-19(18)21-17(22)12-26-14-8-6-7-13(11-14)24-2/h6-8,11H,3-5,9-10,12H2,1-2H3,(H,21,22). The minimum atomic E-state index is -0.374. The molecule has 0 saturated heterocycles. The van der Waals surface area contributed by atoms with E-state index in [1.54, 1.807) is 38.3 Å². The van der Waals surface area contributed by atoms with Gasteiger partial charge in [0.15, 0.2) is 6.61 Å². The molecule has 27 heavy (non-hydrogen) atoms. The second kappa shape index (κ2) is 8.90. The number of rotatable bonds is 7. The van der Waals surface area contributed by atoms with Crippen LogP contribution >= 0.6 is 11.3 Å². The van der Waals surface area contributed by atoms with Crippen LogP contribution in [-0.2, 0) is 22.4 Å². The van der Waals surface area contributed by atoms with E-state index in [9.17, 15) is 9.59 Å². The molecule has 1 N–H and O–H groups in total. The lowest BCUT2D eigenvalue weighted by Gasteiger charge is -2.12. The summed E-state index contributed by atoms with van der Waals surface area (Å²) in [5.41, 5.74) is 1.53. The molecular weight excluding hydrogens is 366 g/mol. The van der Waals surface area contributed by atoms with Gasteiger partial charge in [-0.1, -0.05) is 6.07 Å². The van der Waals surface area contributed by atoms with E-state index in [2.05, 4.69) is 5.32 Å². The summed E-state index contributed by atoms with van der Waals surface area (Å²) in [4.78, 5) is 26.0. The van der Waals surface area contributed by atoms with Gasteiger partial charge in [0, 0.05) is 10.9 Å². The molecule has 0 saturated carbocycles. The maximum Gasteiger partial charge on any atom is 0.341 e. The van der Waals surface area contributed by atoms with Gasteiger partial charge in [-0.05, 0) is 50.3 Å². The van der Waals surface area contributed by atoms with Crippen LogP contribution in [0, 0.1) is 0 Å². The normalized spacial score (nSPS) is 12.8. The number of carbonyl (C=O) groups is 2. The zero-order valence-corrected chi connectivity index (χ0v) is 16.3. The monoisotopic (exact) mass is 389 g/mol. The van der Waals surface area contributed by atoms with Crippen molar-refractivity contribution in [1.82, 2.24) is 0 Å². The largest absolute Gasteiger partial charge is 0.497 e. The molecule has 144 valence electrons. The number of fused-ring (bicyclic) bond motifs is 1. The highest BCUT2D eigenvalue weighted by molar-refractivity contribution is 7.17. The Morgan fingerprint density at radius 3 is 2.74 bits per heavy atom. The first-order valence-corrected chi connectivity index (χ1v) is 9.82. The van der Waals surface area contributed by atoms with Gasteiger partial charge in [0.1, 0.15) is 16.5 Å². The highest BCUT2D eigenvalue weighted by Gasteiger charge is 2.27. The van der Waals surface area contributed by atoms with Crippen LogP contribution in [0.2, 0.25) is 0 Å². The van der Waals surface area contributed by atoms with Gasteiger partial charge in [-0.2, -0.15) is 0 Å². The van der Waals surface area contributed by atoms with E-state index in [0.29, 0.717) is 28.7 Å². The number of nitrogens with one attached hydrogen (secondary N) is 1. The Morgan fingerprint density at radius 1 is 1.19 bits per heavy atom. The summed E-state index contributed by atoms with van der Waals surface area (Å²) in [5, 5.41) is 3.38. The molecule has 0 aliphatic heterocycles. The quantitative estimate of drug-likeness (QED) is 0.729. The Bertz CT molecular complexity index is 830. The number of benzene rings is 1. The zero-order chi connectivity index (χ0) is 19.2. The van der Waals surface area contributed by atoms with Gasteiger partial charge in [-0.25, -0.2) is 4.79 Å². The molecule has 0 fully saturated rings. The average Bonchev–Trinajstić information content (AvgIpc) is 3.04. The molecule has 0 bridgehead atoms. The Morgan fingerprint density at radius 2 is 1.96 bits per heavy atom. The van der Waals surface area contributed by atoms with Crippen LogP contribution in [0.4, 0.5) is 5.00 Å². The molecule has 7 heteroatoms. The number of anilines is 1. The smallest absolute Gasteiger partial charge is 0.341 e. The topological polar surface area (TPSA) is 73.9 Å². The molecule has 0 spiro atoms. The van der Waals surface area contributed by atoms with E-state index in [-0.39, 0.29) is 18.5 Å². The molecular formula is C20H23NO5S. The van der Waals surface area contributed by atoms with E-state index < -0.39 is 0 Å². The first kappa shape index (κ1) is 19.2. The van der Waals surface area contributed by atoms with Gasteiger partial charge in [0.05, 0.1) is 19.3 Å². The summed E-state index contributed by atoms with van der Waals surface area (Å²) in [7, 11) is 1.57. The van der Waals surface area contributed by atoms with Crippen LogP contribution in [0.3, 0.4) is 0 Å². The van der Waals surface area contributed by atoms with E-state index in [0.717, 1.165) is 36.1 Å². The Balaban J connectivity index is 1.71. The highest BCUT2D eigenvalue weighted by atomic mass is 32.1. The molecule has 1 aromatic heterocycles. The number of hydrogen-bond acceptors (Lipinski definition) is 6. The molecule has 6 nitrogen and oxygen atoms in total. The van der Waals surface area contributed by atoms with Gasteiger partial charge in [0.2, 0.25) is 0 Å². The molecule has 1 amide bonds. The van der Waals surface area contributed by atoms with Crippen molar-refractivity contribution in [3.8, 4) is 11.5 Å². The average molecular weight is 389 g/mol. The van der Waals surface area contributed by atoms with Crippen molar-refractivity contribution in [3.05, 3.63) is 40.3 Å². The second-order valence-corrected chi connectivity index (χ2v) is 7.26. The van der Waals surface area contributed by atoms with Crippen LogP contribution in [0.15, 0.2) is 24.3 Å². The molecule has 3 rings (SSSR count). The molecule has 0 unspecified atom stereocenters. The molecule has 1 heterocycles. The van der Waals surface area contributed by atoms with E-state index in [1.807, 2.05) is 0 Å². The van der Waals surface area contributed by atoms with Crippen LogP contribution in [0.5, 0.6) is 11.5 Å². The van der Waals surface area contributed by atoms with Crippen LogP contribution < -0.4 is 14.8 Å². The minimum Gasteiger partial charge on any atom is -0.497 e. The number of hydrogen-bond donors (Lipinski definition) is 1. The minimum absolute atomic E-state index is 0.155. The number of amides is 1. The van der Waals surface area contributed by atoms with Crippen molar-refractivity contribution in [2.24, 2.45) is 0 Å². The summed E-state index contributed by atoms with van der Waals surface area (Å²) in [6.07, 6.45) is 3.92. The lowest BCUT2D eigenvalue weighted by Crippen LogP contribution is -2.21. The number of esters is 1. The van der Waals surface area contributed by atoms with Crippen molar-refractivity contribution in [1.29, 1.82) is 0 Å². The fraction of sp³-hybridized carbons (Fsp3) is 0.400. The molecule has 0 atom stereocenters. The first-order valence-electron chi connectivity index (χ1n) is 9.00. The van der Waals surface area contributed by atoms with Crippen LogP contribution in [0.25, 0.3) is 0 Å². The predicted octanol–water partition coefficient (Wildman–Crippen LogP) is 3.83. The number of methoxy groups -OCH3 is 1. The number of aryl methyl sites for hydroxylation is 1. The van der Waals surface area contributed by atoms with Gasteiger partial charge in [-0.3, -0.25) is 4.79 Å². The Kier molecular flexibility index (Phi) is 6.34. The predicted molar refractivity (Wildman–Crippen MR) is 104 cm³/mol. The molecule has 0 radical (unpaired) electrons. The van der Waals surface area contributed by atoms with E-state index >= 15 is 0 Å². The third kappa shape index (κ3) is 4.60. The Hall–Kier alpha value is -2.54. The Labute approximate surface area is 162 Å². The number of carbonyl (C=O) groups excluding carboxylic acids is 2. The van der Waals surface area contributed by atoms with E-state index in [4.69, 9.17) is 14.2 Å². The van der Waals surface area contributed by atoms with Gasteiger partial charge < -0.3 is 19.5 Å². The summed E-state index contributed by atoms with van der Waals surface area (Å²) < 4.78 is 15.9. The molecule has 2 aromatic rings. The number of ether oxygens (including phenoxy) is 3. The molecule has 1 aliphatic rings. The van der Waals surface area contributed by atoms with Gasteiger partial charge in [0.25, 0.3) is 5.91 Å². The lowest BCUT2D eigenvalue weighted by atomic mass is 9.95. The van der Waals surface area contributed by atoms with Crippen molar-refractivity contribution < 1.29 is 23.8 Å². The van der Waals surface area contributed by atoms with Crippen LogP contribution in [0.1, 0.15) is 40.6 Å². The maximum atomic E-state index is 12.4. The van der Waals surface area contributed by atoms with Crippen molar-refractivity contribution >= 4 is 28.2 Å².